The van der Waals surface area contributed by atoms with Crippen molar-refractivity contribution in [2.24, 2.45) is 0 Å². The molecule has 0 atom stereocenters. The summed E-state index contributed by atoms with van der Waals surface area (Å²) >= 11 is 0. The highest BCUT2D eigenvalue weighted by atomic mass is 32.2. The van der Waals surface area contributed by atoms with Crippen LogP contribution in [-0.2, 0) is 10.0 Å². The number of nitrogens with one attached hydrogen (secondary N) is 2. The summed E-state index contributed by atoms with van der Waals surface area (Å²) in [4.78, 5) is 10.4. The van der Waals surface area contributed by atoms with E-state index < -0.39 is 32.0 Å². The first-order valence-corrected chi connectivity index (χ1v) is 8.81. The van der Waals surface area contributed by atoms with Crippen LogP contribution in [0.4, 0.5) is 21.5 Å². The van der Waals surface area contributed by atoms with E-state index in [2.05, 4.69) is 10.0 Å². The van der Waals surface area contributed by atoms with Crippen molar-refractivity contribution in [3.05, 3.63) is 58.4 Å². The van der Waals surface area contributed by atoms with Crippen LogP contribution in [0.5, 0.6) is 0 Å². The van der Waals surface area contributed by atoms with Gasteiger partial charge in [-0.3, -0.25) is 10.1 Å². The fraction of sp³-hybridized carbons (Fsp3) is 0.250. The Morgan fingerprint density at radius 3 is 2.20 bits per heavy atom. The highest BCUT2D eigenvalue weighted by Crippen LogP contribution is 2.30. The van der Waals surface area contributed by atoms with Gasteiger partial charge in [0, 0.05) is 17.3 Å². The number of nitro benzene ring substituents is 1. The van der Waals surface area contributed by atoms with Gasteiger partial charge in [-0.1, -0.05) is 0 Å². The first-order chi connectivity index (χ1) is 11.5. The zero-order chi connectivity index (χ0) is 18.8. The van der Waals surface area contributed by atoms with E-state index in [0.29, 0.717) is 5.69 Å². The lowest BCUT2D eigenvalue weighted by atomic mass is 10.1. The lowest BCUT2D eigenvalue weighted by Crippen LogP contribution is -2.40. The smallest absolute Gasteiger partial charge is 0.294 e. The molecule has 0 aliphatic carbocycles. The summed E-state index contributed by atoms with van der Waals surface area (Å²) in [6.45, 7) is 5.01. The highest BCUT2D eigenvalue weighted by Gasteiger charge is 2.25. The topological polar surface area (TPSA) is 101 Å². The van der Waals surface area contributed by atoms with Crippen LogP contribution >= 0.6 is 0 Å². The van der Waals surface area contributed by atoms with Crippen LogP contribution in [0, 0.1) is 15.9 Å². The van der Waals surface area contributed by atoms with E-state index in [1.807, 2.05) is 0 Å². The van der Waals surface area contributed by atoms with Crippen molar-refractivity contribution < 1.29 is 17.7 Å². The molecule has 2 N–H and O–H groups in total. The molecule has 134 valence electrons. The van der Waals surface area contributed by atoms with Crippen molar-refractivity contribution in [1.29, 1.82) is 0 Å². The van der Waals surface area contributed by atoms with Gasteiger partial charge in [-0.2, -0.15) is 0 Å². The summed E-state index contributed by atoms with van der Waals surface area (Å²) in [6.07, 6.45) is 0. The average Bonchev–Trinajstić information content (AvgIpc) is 2.47. The third-order valence-corrected chi connectivity index (χ3v) is 4.80. The molecule has 0 radical (unpaired) electrons. The molecular formula is C16H18FN3O4S. The van der Waals surface area contributed by atoms with Gasteiger partial charge in [-0.05, 0) is 57.2 Å². The molecule has 0 spiro atoms. The monoisotopic (exact) mass is 367 g/mol. The number of halogens is 1. The van der Waals surface area contributed by atoms with Gasteiger partial charge >= 0.3 is 0 Å². The minimum atomic E-state index is -3.90. The Morgan fingerprint density at radius 1 is 1.08 bits per heavy atom. The standard InChI is InChI=1S/C16H18FN3O4S/c1-16(2,3)19-25(23,24)13-8-9-14(15(10-13)20(21)22)18-12-6-4-11(17)5-7-12/h4-10,18-19H,1-3H3. The molecule has 0 aliphatic heterocycles. The Hall–Kier alpha value is -2.52. The van der Waals surface area contributed by atoms with E-state index in [4.69, 9.17) is 0 Å². The number of hydrogen-bond donors (Lipinski definition) is 2. The molecule has 2 rings (SSSR count). The van der Waals surface area contributed by atoms with Gasteiger partial charge in [-0.25, -0.2) is 17.5 Å². The van der Waals surface area contributed by atoms with Crippen LogP contribution in [0.25, 0.3) is 0 Å². The van der Waals surface area contributed by atoms with Crippen LogP contribution < -0.4 is 10.0 Å². The highest BCUT2D eigenvalue weighted by molar-refractivity contribution is 7.89. The molecule has 0 unspecified atom stereocenters. The first kappa shape index (κ1) is 18.8. The number of sulfonamides is 1. The molecule has 0 bridgehead atoms. The Bertz CT molecular complexity index is 891. The molecule has 0 heterocycles. The predicted molar refractivity (Wildman–Crippen MR) is 92.9 cm³/mol. The van der Waals surface area contributed by atoms with E-state index in [9.17, 15) is 22.9 Å². The van der Waals surface area contributed by atoms with E-state index in [1.54, 1.807) is 20.8 Å². The minimum absolute atomic E-state index is 0.103. The predicted octanol–water partition coefficient (Wildman–Crippen LogP) is 3.55. The van der Waals surface area contributed by atoms with Gasteiger partial charge in [0.05, 0.1) is 9.82 Å². The molecule has 9 heteroatoms. The molecule has 0 aromatic heterocycles. The van der Waals surface area contributed by atoms with Gasteiger partial charge in [0.25, 0.3) is 5.69 Å². The summed E-state index contributed by atoms with van der Waals surface area (Å²) in [5.74, 6) is -0.435. The third-order valence-electron chi connectivity index (χ3n) is 3.04. The second kappa shape index (κ2) is 6.77. The van der Waals surface area contributed by atoms with Crippen LogP contribution in [0.15, 0.2) is 47.4 Å². The molecule has 0 aliphatic rings. The number of nitro groups is 1. The summed E-state index contributed by atoms with van der Waals surface area (Å²) in [6, 6.07) is 8.82. The Morgan fingerprint density at radius 2 is 1.68 bits per heavy atom. The molecule has 2 aromatic carbocycles. The summed E-state index contributed by atoms with van der Waals surface area (Å²) in [7, 11) is -3.90. The molecule has 0 fully saturated rings. The molecular weight excluding hydrogens is 349 g/mol. The van der Waals surface area contributed by atoms with Crippen LogP contribution in [-0.4, -0.2) is 18.9 Å². The Balaban J connectivity index is 2.41. The quantitative estimate of drug-likeness (QED) is 0.621. The van der Waals surface area contributed by atoms with Crippen molar-refractivity contribution in [3.8, 4) is 0 Å². The molecule has 0 saturated heterocycles. The van der Waals surface area contributed by atoms with E-state index in [0.717, 1.165) is 6.07 Å². The Labute approximate surface area is 145 Å². The number of benzene rings is 2. The molecule has 0 saturated carbocycles. The largest absolute Gasteiger partial charge is 0.350 e. The van der Waals surface area contributed by atoms with Gasteiger partial charge < -0.3 is 5.32 Å². The van der Waals surface area contributed by atoms with Crippen molar-refractivity contribution in [3.63, 3.8) is 0 Å². The van der Waals surface area contributed by atoms with Gasteiger partial charge in [0.15, 0.2) is 0 Å². The number of rotatable bonds is 5. The van der Waals surface area contributed by atoms with Crippen molar-refractivity contribution in [1.82, 2.24) is 4.72 Å². The lowest BCUT2D eigenvalue weighted by Gasteiger charge is -2.20. The maximum absolute atomic E-state index is 12.9. The fourth-order valence-electron chi connectivity index (χ4n) is 2.09. The van der Waals surface area contributed by atoms with Crippen LogP contribution in [0.3, 0.4) is 0 Å². The second-order valence-corrected chi connectivity index (χ2v) is 8.11. The summed E-state index contributed by atoms with van der Waals surface area (Å²) in [5, 5.41) is 14.1. The molecule has 0 amide bonds. The summed E-state index contributed by atoms with van der Waals surface area (Å²) < 4.78 is 40.1. The fourth-order valence-corrected chi connectivity index (χ4v) is 3.52. The SMILES string of the molecule is CC(C)(C)NS(=O)(=O)c1ccc(Nc2ccc(F)cc2)c([N+](=O)[O-])c1. The van der Waals surface area contributed by atoms with Crippen molar-refractivity contribution >= 4 is 27.1 Å². The normalized spacial score (nSPS) is 12.0. The van der Waals surface area contributed by atoms with Crippen molar-refractivity contribution in [2.75, 3.05) is 5.32 Å². The zero-order valence-electron chi connectivity index (χ0n) is 13.9. The van der Waals surface area contributed by atoms with Gasteiger partial charge in [-0.15, -0.1) is 0 Å². The van der Waals surface area contributed by atoms with Crippen LogP contribution in [0.2, 0.25) is 0 Å². The first-order valence-electron chi connectivity index (χ1n) is 7.33. The van der Waals surface area contributed by atoms with Gasteiger partial charge in [0.1, 0.15) is 11.5 Å². The molecule has 25 heavy (non-hydrogen) atoms. The number of anilines is 2. The van der Waals surface area contributed by atoms with Gasteiger partial charge in [0.2, 0.25) is 10.0 Å². The van der Waals surface area contributed by atoms with E-state index in [1.165, 1.54) is 36.4 Å². The average molecular weight is 367 g/mol. The summed E-state index contributed by atoms with van der Waals surface area (Å²) in [5.41, 5.74) is -0.584. The van der Waals surface area contributed by atoms with Crippen LogP contribution in [0.1, 0.15) is 20.8 Å². The third kappa shape index (κ3) is 4.97. The second-order valence-electron chi connectivity index (χ2n) is 6.42. The maximum Gasteiger partial charge on any atom is 0.294 e. The maximum atomic E-state index is 12.9. The number of hydrogen-bond acceptors (Lipinski definition) is 5. The van der Waals surface area contributed by atoms with E-state index >= 15 is 0 Å². The molecule has 2 aromatic rings. The van der Waals surface area contributed by atoms with Crippen molar-refractivity contribution in [2.45, 2.75) is 31.2 Å². The lowest BCUT2D eigenvalue weighted by molar-refractivity contribution is -0.384. The minimum Gasteiger partial charge on any atom is -0.350 e. The van der Waals surface area contributed by atoms with E-state index in [-0.39, 0.29) is 10.6 Å². The molecule has 7 nitrogen and oxygen atoms in total. The number of nitrogens with zero attached hydrogens (tertiary/aromatic N) is 1. The Kier molecular flexibility index (Phi) is 5.09. The zero-order valence-corrected chi connectivity index (χ0v) is 14.7.